The molecule has 162 valence electrons. The summed E-state index contributed by atoms with van der Waals surface area (Å²) in [5.41, 5.74) is 4.34. The standard InChI is InChI=1S/C22H28BrN3O3S/c1-15-13-16(2)18(4)22(17(15)3)30(28,29)26-11-9-25(10-12-26)14-21(27)24-20-7-5-19(23)6-8-20/h5-8,13H,9-12,14H2,1-4H3,(H,24,27). The lowest BCUT2D eigenvalue weighted by molar-refractivity contribution is -0.117. The minimum Gasteiger partial charge on any atom is -0.325 e. The van der Waals surface area contributed by atoms with Gasteiger partial charge in [0.2, 0.25) is 15.9 Å². The summed E-state index contributed by atoms with van der Waals surface area (Å²) in [5, 5.41) is 2.88. The lowest BCUT2D eigenvalue weighted by Crippen LogP contribution is -2.50. The highest BCUT2D eigenvalue weighted by atomic mass is 79.9. The molecular formula is C22H28BrN3O3S. The molecule has 0 atom stereocenters. The highest BCUT2D eigenvalue weighted by Gasteiger charge is 2.32. The van der Waals surface area contributed by atoms with Crippen molar-refractivity contribution in [1.29, 1.82) is 0 Å². The monoisotopic (exact) mass is 493 g/mol. The van der Waals surface area contributed by atoms with E-state index in [9.17, 15) is 13.2 Å². The van der Waals surface area contributed by atoms with Gasteiger partial charge in [0.1, 0.15) is 0 Å². The molecule has 8 heteroatoms. The second-order valence-electron chi connectivity index (χ2n) is 7.82. The van der Waals surface area contributed by atoms with Gasteiger partial charge in [-0.3, -0.25) is 9.69 Å². The molecule has 1 aliphatic rings. The number of nitrogens with one attached hydrogen (secondary N) is 1. The number of carbonyl (C=O) groups is 1. The molecule has 0 saturated carbocycles. The third-order valence-electron chi connectivity index (χ3n) is 5.72. The van der Waals surface area contributed by atoms with Gasteiger partial charge in [0.25, 0.3) is 0 Å². The van der Waals surface area contributed by atoms with E-state index in [0.717, 1.165) is 32.4 Å². The van der Waals surface area contributed by atoms with Crippen LogP contribution in [0.25, 0.3) is 0 Å². The van der Waals surface area contributed by atoms with Crippen LogP contribution in [0.3, 0.4) is 0 Å². The summed E-state index contributed by atoms with van der Waals surface area (Å²) in [6, 6.07) is 9.44. The van der Waals surface area contributed by atoms with E-state index in [1.165, 1.54) is 0 Å². The first kappa shape index (κ1) is 22.9. The number of halogens is 1. The number of aryl methyl sites for hydroxylation is 2. The molecule has 1 saturated heterocycles. The third-order valence-corrected chi connectivity index (χ3v) is 8.42. The maximum atomic E-state index is 13.4. The Labute approximate surface area is 187 Å². The number of piperazine rings is 1. The summed E-state index contributed by atoms with van der Waals surface area (Å²) in [4.78, 5) is 14.8. The van der Waals surface area contributed by atoms with Crippen LogP contribution in [0.15, 0.2) is 39.7 Å². The van der Waals surface area contributed by atoms with E-state index < -0.39 is 10.0 Å². The van der Waals surface area contributed by atoms with Crippen molar-refractivity contribution in [2.24, 2.45) is 0 Å². The number of amides is 1. The number of hydrogen-bond acceptors (Lipinski definition) is 4. The molecule has 1 heterocycles. The highest BCUT2D eigenvalue weighted by molar-refractivity contribution is 9.10. The van der Waals surface area contributed by atoms with Crippen molar-refractivity contribution < 1.29 is 13.2 Å². The number of sulfonamides is 1. The zero-order chi connectivity index (χ0) is 22.1. The maximum Gasteiger partial charge on any atom is 0.243 e. The fourth-order valence-corrected chi connectivity index (χ4v) is 6.02. The van der Waals surface area contributed by atoms with Crippen molar-refractivity contribution in [1.82, 2.24) is 9.21 Å². The number of hydrogen-bond donors (Lipinski definition) is 1. The lowest BCUT2D eigenvalue weighted by Gasteiger charge is -2.34. The Balaban J connectivity index is 1.64. The number of carbonyl (C=O) groups excluding carboxylic acids is 1. The van der Waals surface area contributed by atoms with E-state index >= 15 is 0 Å². The quantitative estimate of drug-likeness (QED) is 0.690. The van der Waals surface area contributed by atoms with Gasteiger partial charge in [-0.05, 0) is 74.2 Å². The predicted octanol–water partition coefficient (Wildman–Crippen LogP) is 3.63. The van der Waals surface area contributed by atoms with Gasteiger partial charge in [0.05, 0.1) is 11.4 Å². The van der Waals surface area contributed by atoms with Crippen molar-refractivity contribution in [3.63, 3.8) is 0 Å². The molecular weight excluding hydrogens is 466 g/mol. The summed E-state index contributed by atoms with van der Waals surface area (Å²) in [7, 11) is -3.57. The van der Waals surface area contributed by atoms with Gasteiger partial charge in [-0.25, -0.2) is 8.42 Å². The Morgan fingerprint density at radius 2 is 1.50 bits per heavy atom. The molecule has 1 fully saturated rings. The number of anilines is 1. The van der Waals surface area contributed by atoms with Gasteiger partial charge in [0, 0.05) is 36.3 Å². The number of rotatable bonds is 5. The van der Waals surface area contributed by atoms with E-state index in [0.29, 0.717) is 31.1 Å². The molecule has 0 unspecified atom stereocenters. The van der Waals surface area contributed by atoms with Gasteiger partial charge in [-0.2, -0.15) is 4.31 Å². The molecule has 0 aliphatic carbocycles. The van der Waals surface area contributed by atoms with Crippen LogP contribution in [0.5, 0.6) is 0 Å². The Hall–Kier alpha value is -1.74. The van der Waals surface area contributed by atoms with Crippen LogP contribution in [-0.4, -0.2) is 56.3 Å². The number of nitrogens with zero attached hydrogens (tertiary/aromatic N) is 2. The normalized spacial score (nSPS) is 15.9. The second kappa shape index (κ2) is 9.18. The Morgan fingerprint density at radius 3 is 2.03 bits per heavy atom. The third kappa shape index (κ3) is 4.94. The molecule has 2 aromatic carbocycles. The van der Waals surface area contributed by atoms with Crippen LogP contribution >= 0.6 is 15.9 Å². The average Bonchev–Trinajstić information content (AvgIpc) is 2.68. The summed E-state index contributed by atoms with van der Waals surface area (Å²) < 4.78 is 29.2. The Kier molecular flexibility index (Phi) is 7.02. The van der Waals surface area contributed by atoms with Crippen LogP contribution in [-0.2, 0) is 14.8 Å². The average molecular weight is 494 g/mol. The Bertz CT molecular complexity index is 1020. The molecule has 0 radical (unpaired) electrons. The molecule has 30 heavy (non-hydrogen) atoms. The fourth-order valence-electron chi connectivity index (χ4n) is 3.76. The second-order valence-corrected chi connectivity index (χ2v) is 10.6. The van der Waals surface area contributed by atoms with Gasteiger partial charge in [0.15, 0.2) is 0 Å². The minimum atomic E-state index is -3.57. The lowest BCUT2D eigenvalue weighted by atomic mass is 10.0. The molecule has 0 spiro atoms. The van der Waals surface area contributed by atoms with E-state index in [4.69, 9.17) is 0 Å². The summed E-state index contributed by atoms with van der Waals surface area (Å²) in [5.74, 6) is -0.102. The van der Waals surface area contributed by atoms with Crippen LogP contribution in [0.2, 0.25) is 0 Å². The fraction of sp³-hybridized carbons (Fsp3) is 0.409. The van der Waals surface area contributed by atoms with Gasteiger partial charge in [-0.15, -0.1) is 0 Å². The minimum absolute atomic E-state index is 0.102. The molecule has 0 aromatic heterocycles. The molecule has 1 N–H and O–H groups in total. The predicted molar refractivity (Wildman–Crippen MR) is 123 cm³/mol. The van der Waals surface area contributed by atoms with Crippen LogP contribution in [0.4, 0.5) is 5.69 Å². The summed E-state index contributed by atoms with van der Waals surface area (Å²) in [6.07, 6.45) is 0. The molecule has 6 nitrogen and oxygen atoms in total. The van der Waals surface area contributed by atoms with Crippen molar-refractivity contribution in [2.75, 3.05) is 38.0 Å². The van der Waals surface area contributed by atoms with E-state index in [1.807, 2.05) is 62.9 Å². The zero-order valence-electron chi connectivity index (χ0n) is 17.8. The summed E-state index contributed by atoms with van der Waals surface area (Å²) >= 11 is 3.37. The smallest absolute Gasteiger partial charge is 0.243 e. The van der Waals surface area contributed by atoms with E-state index in [-0.39, 0.29) is 12.5 Å². The molecule has 0 bridgehead atoms. The topological polar surface area (TPSA) is 69.7 Å². The van der Waals surface area contributed by atoms with Crippen molar-refractivity contribution >= 4 is 37.5 Å². The first-order chi connectivity index (χ1) is 14.1. The maximum absolute atomic E-state index is 13.4. The SMILES string of the molecule is Cc1cc(C)c(C)c(S(=O)(=O)N2CCN(CC(=O)Nc3ccc(Br)cc3)CC2)c1C. The van der Waals surface area contributed by atoms with Crippen LogP contribution in [0.1, 0.15) is 22.3 Å². The number of benzene rings is 2. The molecule has 1 aliphatic heterocycles. The van der Waals surface area contributed by atoms with E-state index in [1.54, 1.807) is 4.31 Å². The van der Waals surface area contributed by atoms with Crippen molar-refractivity contribution in [3.8, 4) is 0 Å². The van der Waals surface area contributed by atoms with Gasteiger partial charge >= 0.3 is 0 Å². The van der Waals surface area contributed by atoms with Crippen molar-refractivity contribution in [3.05, 3.63) is 57.1 Å². The van der Waals surface area contributed by atoms with Crippen LogP contribution in [0, 0.1) is 27.7 Å². The Morgan fingerprint density at radius 1 is 0.967 bits per heavy atom. The highest BCUT2D eigenvalue weighted by Crippen LogP contribution is 2.29. The molecule has 1 amide bonds. The van der Waals surface area contributed by atoms with Gasteiger partial charge < -0.3 is 5.32 Å². The zero-order valence-corrected chi connectivity index (χ0v) is 20.2. The van der Waals surface area contributed by atoms with Crippen LogP contribution < -0.4 is 5.32 Å². The molecule has 3 rings (SSSR count). The van der Waals surface area contributed by atoms with E-state index in [2.05, 4.69) is 21.2 Å². The first-order valence-corrected chi connectivity index (χ1v) is 12.2. The van der Waals surface area contributed by atoms with Crippen molar-refractivity contribution in [2.45, 2.75) is 32.6 Å². The summed E-state index contributed by atoms with van der Waals surface area (Å²) in [6.45, 7) is 9.68. The first-order valence-electron chi connectivity index (χ1n) is 9.95. The molecule has 2 aromatic rings. The largest absolute Gasteiger partial charge is 0.325 e. The van der Waals surface area contributed by atoms with Gasteiger partial charge in [-0.1, -0.05) is 22.0 Å².